The Hall–Kier alpha value is -2.20. The predicted octanol–water partition coefficient (Wildman–Crippen LogP) is 1.25. The Kier molecular flexibility index (Phi) is 5.90. The Bertz CT molecular complexity index is 740. The summed E-state index contributed by atoms with van der Waals surface area (Å²) in [5.41, 5.74) is 6.97. The van der Waals surface area contributed by atoms with Crippen LogP contribution < -0.4 is 16.4 Å². The molecule has 28 heavy (non-hydrogen) atoms. The topological polar surface area (TPSA) is 121 Å². The number of benzene rings is 1. The van der Waals surface area contributed by atoms with E-state index in [2.05, 4.69) is 10.6 Å². The molecular weight excluding hydrogens is 366 g/mol. The molecule has 9 nitrogen and oxygen atoms in total. The second kappa shape index (κ2) is 8.04. The molecule has 2 aliphatic heterocycles. The number of nitrogens with two attached hydrogens (primary N) is 1. The van der Waals surface area contributed by atoms with E-state index in [0.29, 0.717) is 5.69 Å². The zero-order valence-corrected chi connectivity index (χ0v) is 16.4. The quantitative estimate of drug-likeness (QED) is 0.669. The third kappa shape index (κ3) is 4.44. The first-order valence-corrected chi connectivity index (χ1v) is 9.15. The molecule has 154 valence electrons. The number of hydrogen-bond donors (Lipinski definition) is 3. The van der Waals surface area contributed by atoms with Crippen molar-refractivity contribution in [3.05, 3.63) is 29.8 Å². The number of aryl methyl sites for hydroxylation is 1. The number of hydrogen-bond acceptors (Lipinski definition) is 6. The molecule has 0 radical (unpaired) electrons. The van der Waals surface area contributed by atoms with Gasteiger partial charge < -0.3 is 35.3 Å². The van der Waals surface area contributed by atoms with Crippen LogP contribution in [0.15, 0.2) is 24.3 Å². The van der Waals surface area contributed by atoms with Gasteiger partial charge in [0, 0.05) is 19.2 Å². The summed E-state index contributed by atoms with van der Waals surface area (Å²) in [5.74, 6) is -1.37. The first kappa shape index (κ1) is 20.5. The van der Waals surface area contributed by atoms with Gasteiger partial charge in [0.2, 0.25) is 5.91 Å². The Balaban J connectivity index is 1.72. The number of ether oxygens (including phenoxy) is 4. The Morgan fingerprint density at radius 2 is 2.00 bits per heavy atom. The Morgan fingerprint density at radius 1 is 1.29 bits per heavy atom. The monoisotopic (exact) mass is 393 g/mol. The average molecular weight is 393 g/mol. The molecular formula is C19H27N3O6. The summed E-state index contributed by atoms with van der Waals surface area (Å²) in [6, 6.07) is 6.18. The van der Waals surface area contributed by atoms with Crippen molar-refractivity contribution in [3.8, 4) is 0 Å². The molecule has 9 heteroatoms. The summed E-state index contributed by atoms with van der Waals surface area (Å²) < 4.78 is 23.1. The van der Waals surface area contributed by atoms with Crippen molar-refractivity contribution in [3.63, 3.8) is 0 Å². The molecule has 2 saturated heterocycles. The van der Waals surface area contributed by atoms with Gasteiger partial charge in [0.05, 0.1) is 6.04 Å². The fourth-order valence-corrected chi connectivity index (χ4v) is 3.60. The maximum absolute atomic E-state index is 12.5. The van der Waals surface area contributed by atoms with Crippen LogP contribution in [0.4, 0.5) is 10.5 Å². The van der Waals surface area contributed by atoms with Gasteiger partial charge in [-0.05, 0) is 32.4 Å². The summed E-state index contributed by atoms with van der Waals surface area (Å²) in [5, 5.41) is 5.55. The fourth-order valence-electron chi connectivity index (χ4n) is 3.60. The second-order valence-electron chi connectivity index (χ2n) is 7.46. The highest BCUT2D eigenvalue weighted by molar-refractivity contribution is 5.90. The minimum Gasteiger partial charge on any atom is -0.376 e. The molecule has 2 heterocycles. The zero-order valence-electron chi connectivity index (χ0n) is 16.4. The molecule has 0 spiro atoms. The van der Waals surface area contributed by atoms with Crippen LogP contribution in [0.5, 0.6) is 0 Å². The van der Waals surface area contributed by atoms with E-state index in [4.69, 9.17) is 24.7 Å². The molecule has 3 amide bonds. The predicted molar refractivity (Wildman–Crippen MR) is 100 cm³/mol. The lowest BCUT2D eigenvalue weighted by Crippen LogP contribution is -2.52. The molecule has 1 aromatic carbocycles. The van der Waals surface area contributed by atoms with Gasteiger partial charge in [-0.1, -0.05) is 18.2 Å². The zero-order chi connectivity index (χ0) is 20.5. The standard InChI is InChI=1S/C19H27N3O6/c1-10-7-5-6-8-11(10)21-18(24)22-12(9-13(20)23)14-15(25-4)16-17(26-14)28-19(2,3)27-16/h5-8,12,14-17H,9H2,1-4H3,(H2,20,23)(H2,21,22,24)/t12-,14+,15-,16+,17+/m0/s1. The molecule has 2 aliphatic rings. The van der Waals surface area contributed by atoms with Crippen LogP contribution in [0.3, 0.4) is 0 Å². The molecule has 3 rings (SSSR count). The summed E-state index contributed by atoms with van der Waals surface area (Å²) in [4.78, 5) is 24.1. The van der Waals surface area contributed by atoms with Crippen molar-refractivity contribution in [2.45, 2.75) is 63.6 Å². The number of nitrogens with one attached hydrogen (secondary N) is 2. The van der Waals surface area contributed by atoms with Gasteiger partial charge in [0.15, 0.2) is 12.1 Å². The third-order valence-electron chi connectivity index (χ3n) is 4.83. The van der Waals surface area contributed by atoms with Crippen molar-refractivity contribution in [1.29, 1.82) is 0 Å². The van der Waals surface area contributed by atoms with Crippen molar-refractivity contribution in [2.24, 2.45) is 5.73 Å². The van der Waals surface area contributed by atoms with Crippen LogP contribution in [-0.4, -0.2) is 55.5 Å². The number of carbonyl (C=O) groups excluding carboxylic acids is 2. The number of fused-ring (bicyclic) bond motifs is 1. The number of rotatable bonds is 6. The van der Waals surface area contributed by atoms with E-state index in [1.807, 2.05) is 25.1 Å². The lowest BCUT2D eigenvalue weighted by Gasteiger charge is -2.30. The summed E-state index contributed by atoms with van der Waals surface area (Å²) >= 11 is 0. The smallest absolute Gasteiger partial charge is 0.319 e. The maximum atomic E-state index is 12.5. The van der Waals surface area contributed by atoms with E-state index in [1.54, 1.807) is 19.9 Å². The number of primary amides is 1. The molecule has 2 fully saturated rings. The largest absolute Gasteiger partial charge is 0.376 e. The summed E-state index contributed by atoms with van der Waals surface area (Å²) in [6.07, 6.45) is -2.43. The number of carbonyl (C=O) groups is 2. The van der Waals surface area contributed by atoms with E-state index in [0.717, 1.165) is 5.56 Å². The Labute approximate surface area is 163 Å². The number of amides is 3. The van der Waals surface area contributed by atoms with E-state index in [9.17, 15) is 9.59 Å². The van der Waals surface area contributed by atoms with E-state index >= 15 is 0 Å². The van der Waals surface area contributed by atoms with Gasteiger partial charge in [-0.2, -0.15) is 0 Å². The molecule has 0 unspecified atom stereocenters. The molecule has 4 N–H and O–H groups in total. The average Bonchev–Trinajstić information content (AvgIpc) is 3.07. The van der Waals surface area contributed by atoms with Crippen molar-refractivity contribution < 1.29 is 28.5 Å². The van der Waals surface area contributed by atoms with E-state index in [1.165, 1.54) is 7.11 Å². The number of anilines is 1. The first-order valence-electron chi connectivity index (χ1n) is 9.15. The lowest BCUT2D eigenvalue weighted by atomic mass is 10.0. The first-order chi connectivity index (χ1) is 13.2. The van der Waals surface area contributed by atoms with Crippen molar-refractivity contribution in [2.75, 3.05) is 12.4 Å². The molecule has 5 atom stereocenters. The van der Waals surface area contributed by atoms with Crippen LogP contribution in [0, 0.1) is 6.92 Å². The van der Waals surface area contributed by atoms with Crippen molar-refractivity contribution in [1.82, 2.24) is 5.32 Å². The molecule has 0 saturated carbocycles. The summed E-state index contributed by atoms with van der Waals surface area (Å²) in [6.45, 7) is 5.45. The van der Waals surface area contributed by atoms with Crippen LogP contribution >= 0.6 is 0 Å². The third-order valence-corrected chi connectivity index (χ3v) is 4.83. The van der Waals surface area contributed by atoms with E-state index in [-0.39, 0.29) is 6.42 Å². The highest BCUT2D eigenvalue weighted by Crippen LogP contribution is 2.39. The molecule has 1 aromatic rings. The van der Waals surface area contributed by atoms with Gasteiger partial charge >= 0.3 is 6.03 Å². The SMILES string of the molecule is CO[C@@H]1[C@H]2OC(C)(C)O[C@H]2O[C@@H]1[C@H](CC(N)=O)NC(=O)Nc1ccccc1C. The minimum atomic E-state index is -0.800. The number of urea groups is 1. The summed E-state index contributed by atoms with van der Waals surface area (Å²) in [7, 11) is 1.52. The molecule has 0 bridgehead atoms. The number of para-hydroxylation sites is 1. The van der Waals surface area contributed by atoms with Gasteiger partial charge in [0.25, 0.3) is 0 Å². The normalized spacial score (nSPS) is 29.1. The fraction of sp³-hybridized carbons (Fsp3) is 0.579. The van der Waals surface area contributed by atoms with Crippen LogP contribution in [0.25, 0.3) is 0 Å². The van der Waals surface area contributed by atoms with Gasteiger partial charge in [-0.25, -0.2) is 4.79 Å². The minimum absolute atomic E-state index is 0.117. The lowest BCUT2D eigenvalue weighted by molar-refractivity contribution is -0.219. The molecule has 0 aromatic heterocycles. The van der Waals surface area contributed by atoms with Crippen LogP contribution in [0.2, 0.25) is 0 Å². The van der Waals surface area contributed by atoms with Crippen LogP contribution in [-0.2, 0) is 23.7 Å². The van der Waals surface area contributed by atoms with Gasteiger partial charge in [-0.15, -0.1) is 0 Å². The molecule has 0 aliphatic carbocycles. The van der Waals surface area contributed by atoms with Gasteiger partial charge in [-0.3, -0.25) is 4.79 Å². The maximum Gasteiger partial charge on any atom is 0.319 e. The highest BCUT2D eigenvalue weighted by Gasteiger charge is 2.57. The second-order valence-corrected chi connectivity index (χ2v) is 7.46. The van der Waals surface area contributed by atoms with E-state index < -0.39 is 48.4 Å². The Morgan fingerprint density at radius 3 is 2.64 bits per heavy atom. The number of methoxy groups -OCH3 is 1. The highest BCUT2D eigenvalue weighted by atomic mass is 16.8. The van der Waals surface area contributed by atoms with Gasteiger partial charge in [0.1, 0.15) is 18.3 Å². The van der Waals surface area contributed by atoms with Crippen LogP contribution in [0.1, 0.15) is 25.8 Å². The van der Waals surface area contributed by atoms with Crippen molar-refractivity contribution >= 4 is 17.6 Å².